The van der Waals surface area contributed by atoms with Gasteiger partial charge in [-0.15, -0.1) is 0 Å². The van der Waals surface area contributed by atoms with Crippen LogP contribution >= 0.6 is 0 Å². The number of rotatable bonds is 9. The van der Waals surface area contributed by atoms with Crippen molar-refractivity contribution in [3.05, 3.63) is 53.2 Å². The third kappa shape index (κ3) is 6.99. The van der Waals surface area contributed by atoms with Gasteiger partial charge in [0.1, 0.15) is 5.75 Å². The summed E-state index contributed by atoms with van der Waals surface area (Å²) in [6.07, 6.45) is 7.14. The highest BCUT2D eigenvalue weighted by Crippen LogP contribution is 2.43. The van der Waals surface area contributed by atoms with Crippen LogP contribution in [-0.4, -0.2) is 56.1 Å². The Hall–Kier alpha value is -3.46. The van der Waals surface area contributed by atoms with Crippen molar-refractivity contribution >= 4 is 11.7 Å². The van der Waals surface area contributed by atoms with Crippen LogP contribution in [0.4, 0.5) is 5.69 Å². The molecule has 1 aliphatic heterocycles. The summed E-state index contributed by atoms with van der Waals surface area (Å²) < 4.78 is 13.9. The molecule has 1 saturated heterocycles. The number of anilines is 1. The number of hydrogen-bond acceptors (Lipinski definition) is 7. The molecule has 1 aliphatic rings. The summed E-state index contributed by atoms with van der Waals surface area (Å²) in [7, 11) is 1.91. The summed E-state index contributed by atoms with van der Waals surface area (Å²) >= 11 is 0. The molecular weight excluding hydrogens is 506 g/mol. The second-order valence-corrected chi connectivity index (χ2v) is 12.5. The van der Waals surface area contributed by atoms with Crippen LogP contribution in [0.1, 0.15) is 76.1 Å². The van der Waals surface area contributed by atoms with E-state index >= 15 is 0 Å². The van der Waals surface area contributed by atoms with Crippen molar-refractivity contribution in [2.75, 3.05) is 24.6 Å². The number of carboxylic acids is 1. The monoisotopic (exact) mass is 549 g/mol. The average molecular weight is 550 g/mol. The van der Waals surface area contributed by atoms with E-state index in [4.69, 9.17) is 14.5 Å². The highest BCUT2D eigenvalue weighted by atomic mass is 16.5. The van der Waals surface area contributed by atoms with E-state index in [0.717, 1.165) is 54.9 Å². The maximum Gasteiger partial charge on any atom is 0.337 e. The van der Waals surface area contributed by atoms with Crippen molar-refractivity contribution in [2.24, 2.45) is 12.5 Å². The number of ether oxygens (including phenoxy) is 2. The van der Waals surface area contributed by atoms with Gasteiger partial charge in [0.15, 0.2) is 6.10 Å². The molecule has 0 aliphatic carbocycles. The van der Waals surface area contributed by atoms with Gasteiger partial charge < -0.3 is 19.5 Å². The number of piperidine rings is 1. The van der Waals surface area contributed by atoms with E-state index in [2.05, 4.69) is 28.8 Å². The van der Waals surface area contributed by atoms with Crippen LogP contribution < -0.4 is 9.64 Å². The third-order valence-electron chi connectivity index (χ3n) is 7.45. The lowest BCUT2D eigenvalue weighted by Crippen LogP contribution is -2.39. The van der Waals surface area contributed by atoms with E-state index < -0.39 is 17.7 Å². The Kier molecular flexibility index (Phi) is 8.54. The molecule has 4 heterocycles. The summed E-state index contributed by atoms with van der Waals surface area (Å²) in [5.41, 5.74) is 5.32. The minimum Gasteiger partial charge on any atom is -0.492 e. The second kappa shape index (κ2) is 11.6. The van der Waals surface area contributed by atoms with Gasteiger partial charge in [-0.25, -0.2) is 4.79 Å². The molecule has 3 aromatic rings. The molecule has 0 spiro atoms. The maximum atomic E-state index is 12.6. The van der Waals surface area contributed by atoms with Gasteiger partial charge in [0, 0.05) is 55.8 Å². The molecule has 0 amide bonds. The molecule has 0 radical (unpaired) electrons. The van der Waals surface area contributed by atoms with Crippen LogP contribution in [0.15, 0.2) is 30.7 Å². The summed E-state index contributed by atoms with van der Waals surface area (Å²) in [6, 6.07) is 3.82. The Morgan fingerprint density at radius 2 is 1.80 bits per heavy atom. The van der Waals surface area contributed by atoms with Crippen molar-refractivity contribution < 1.29 is 19.4 Å². The van der Waals surface area contributed by atoms with Crippen LogP contribution in [0.2, 0.25) is 0 Å². The Morgan fingerprint density at radius 1 is 1.10 bits per heavy atom. The number of carbonyl (C=O) groups is 1. The molecule has 9 heteroatoms. The van der Waals surface area contributed by atoms with Gasteiger partial charge in [-0.2, -0.15) is 5.10 Å². The Labute approximate surface area is 237 Å². The van der Waals surface area contributed by atoms with Gasteiger partial charge in [0.05, 0.1) is 35.5 Å². The number of aliphatic carboxylic acids is 1. The van der Waals surface area contributed by atoms with Gasteiger partial charge in [-0.05, 0) is 70.6 Å². The first-order valence-electron chi connectivity index (χ1n) is 14.0. The van der Waals surface area contributed by atoms with Crippen LogP contribution in [-0.2, 0) is 23.0 Å². The first kappa shape index (κ1) is 29.5. The van der Waals surface area contributed by atoms with Crippen molar-refractivity contribution in [3.63, 3.8) is 0 Å². The minimum absolute atomic E-state index is 0.235. The zero-order valence-corrected chi connectivity index (χ0v) is 25.1. The predicted molar refractivity (Wildman–Crippen MR) is 156 cm³/mol. The first-order chi connectivity index (χ1) is 18.7. The molecule has 3 aromatic heterocycles. The molecule has 0 aromatic carbocycles. The summed E-state index contributed by atoms with van der Waals surface area (Å²) in [5.74, 6) is -0.359. The van der Waals surface area contributed by atoms with Crippen molar-refractivity contribution in [2.45, 2.75) is 79.4 Å². The largest absolute Gasteiger partial charge is 0.492 e. The summed E-state index contributed by atoms with van der Waals surface area (Å²) in [6.45, 7) is 16.2. The molecule has 9 nitrogen and oxygen atoms in total. The topological polar surface area (TPSA) is 103 Å². The SMILES string of the molecule is Cc1nn(C)cc1CCOc1ccc(-c2cnc(C)c([C@H](OC(C)(C)C)C(=O)O)c2N2CCC(C)(C)CC2)nc1. The fraction of sp³-hybridized carbons (Fsp3) is 0.548. The van der Waals surface area contributed by atoms with Crippen LogP contribution in [0.3, 0.4) is 0 Å². The molecule has 1 atom stereocenters. The van der Waals surface area contributed by atoms with Gasteiger partial charge in [0.25, 0.3) is 0 Å². The normalized spacial score (nSPS) is 16.1. The smallest absolute Gasteiger partial charge is 0.337 e. The maximum absolute atomic E-state index is 12.6. The third-order valence-corrected chi connectivity index (χ3v) is 7.45. The first-order valence-corrected chi connectivity index (χ1v) is 14.0. The van der Waals surface area contributed by atoms with E-state index in [0.29, 0.717) is 29.3 Å². The zero-order valence-electron chi connectivity index (χ0n) is 25.1. The lowest BCUT2D eigenvalue weighted by atomic mass is 9.82. The van der Waals surface area contributed by atoms with Crippen molar-refractivity contribution in [1.29, 1.82) is 0 Å². The molecule has 0 unspecified atom stereocenters. The lowest BCUT2D eigenvalue weighted by Gasteiger charge is -2.40. The molecule has 4 rings (SSSR count). The number of aryl methyl sites for hydroxylation is 3. The van der Waals surface area contributed by atoms with E-state index in [9.17, 15) is 9.90 Å². The fourth-order valence-electron chi connectivity index (χ4n) is 5.17. The molecule has 1 N–H and O–H groups in total. The number of nitrogens with zero attached hydrogens (tertiary/aromatic N) is 5. The quantitative estimate of drug-likeness (QED) is 0.364. The van der Waals surface area contributed by atoms with Crippen LogP contribution in [0, 0.1) is 19.3 Å². The summed E-state index contributed by atoms with van der Waals surface area (Å²) in [5, 5.41) is 14.7. The number of hydrogen-bond donors (Lipinski definition) is 1. The standard InChI is InChI=1S/C31H43N5O4/c1-20-22(19-35(8)34-20)11-16-39-23-9-10-25(33-17-23)24-18-32-21(2)26(28(29(37)38)40-30(3,4)5)27(24)36-14-12-31(6,7)13-15-36/h9-10,17-19,28H,11-16H2,1-8H3,(H,37,38)/t28-/m0/s1. The Morgan fingerprint density at radius 3 is 2.35 bits per heavy atom. The van der Waals surface area contributed by atoms with E-state index in [1.807, 2.05) is 64.7 Å². The molecule has 216 valence electrons. The summed E-state index contributed by atoms with van der Waals surface area (Å²) in [4.78, 5) is 24.2. The minimum atomic E-state index is -1.16. The molecule has 1 fully saturated rings. The van der Waals surface area contributed by atoms with E-state index in [1.165, 1.54) is 0 Å². The van der Waals surface area contributed by atoms with Gasteiger partial charge >= 0.3 is 5.97 Å². The highest BCUT2D eigenvalue weighted by Gasteiger charge is 2.36. The van der Waals surface area contributed by atoms with Gasteiger partial charge in [0.2, 0.25) is 0 Å². The highest BCUT2D eigenvalue weighted by molar-refractivity contribution is 5.85. The van der Waals surface area contributed by atoms with Crippen molar-refractivity contribution in [3.8, 4) is 17.0 Å². The van der Waals surface area contributed by atoms with Crippen molar-refractivity contribution in [1.82, 2.24) is 19.7 Å². The average Bonchev–Trinajstić information content (AvgIpc) is 3.19. The van der Waals surface area contributed by atoms with Crippen LogP contribution in [0.5, 0.6) is 5.75 Å². The molecular formula is C31H43N5O4. The number of aromatic nitrogens is 4. The van der Waals surface area contributed by atoms with E-state index in [-0.39, 0.29) is 5.41 Å². The molecule has 40 heavy (non-hydrogen) atoms. The molecule has 0 saturated carbocycles. The zero-order chi connectivity index (χ0) is 29.2. The molecule has 0 bridgehead atoms. The lowest BCUT2D eigenvalue weighted by molar-refractivity contribution is -0.160. The van der Waals surface area contributed by atoms with Gasteiger partial charge in [-0.3, -0.25) is 14.6 Å². The Balaban J connectivity index is 1.68. The number of carboxylic acid groups (broad SMARTS) is 1. The van der Waals surface area contributed by atoms with Gasteiger partial charge in [-0.1, -0.05) is 13.8 Å². The number of pyridine rings is 2. The Bertz CT molecular complexity index is 1330. The second-order valence-electron chi connectivity index (χ2n) is 12.5. The van der Waals surface area contributed by atoms with E-state index in [1.54, 1.807) is 12.4 Å². The predicted octanol–water partition coefficient (Wildman–Crippen LogP) is 5.68. The van der Waals surface area contributed by atoms with Crippen LogP contribution in [0.25, 0.3) is 11.3 Å². The fourth-order valence-corrected chi connectivity index (χ4v) is 5.17.